The summed E-state index contributed by atoms with van der Waals surface area (Å²) in [5.41, 5.74) is 0.537. The molecular weight excluding hydrogens is 300 g/mol. The molecule has 4 nitrogen and oxygen atoms in total. The molecule has 1 saturated heterocycles. The van der Waals surface area contributed by atoms with E-state index in [1.54, 1.807) is 17.0 Å². The van der Waals surface area contributed by atoms with Gasteiger partial charge >= 0.3 is 0 Å². The third kappa shape index (κ3) is 4.23. The first-order valence-corrected chi connectivity index (χ1v) is 8.33. The van der Waals surface area contributed by atoms with Gasteiger partial charge in [-0.15, -0.1) is 0 Å². The highest BCUT2D eigenvalue weighted by Crippen LogP contribution is 2.18. The fraction of sp³-hybridized carbons (Fsp3) is 0.529. The fourth-order valence-electron chi connectivity index (χ4n) is 2.66. The van der Waals surface area contributed by atoms with Crippen LogP contribution in [0.3, 0.4) is 0 Å². The SMILES string of the molecule is CCCCC(=O)N1CCCN(C(=O)c2ccccc2Cl)CC1. The van der Waals surface area contributed by atoms with E-state index < -0.39 is 0 Å². The van der Waals surface area contributed by atoms with E-state index in [0.717, 1.165) is 25.8 Å². The molecule has 2 amide bonds. The Kier molecular flexibility index (Phi) is 6.25. The first kappa shape index (κ1) is 16.8. The maximum absolute atomic E-state index is 12.6. The van der Waals surface area contributed by atoms with Gasteiger partial charge in [0.15, 0.2) is 0 Å². The lowest BCUT2D eigenvalue weighted by molar-refractivity contribution is -0.131. The molecule has 22 heavy (non-hydrogen) atoms. The molecule has 0 saturated carbocycles. The Morgan fingerprint density at radius 1 is 1.09 bits per heavy atom. The highest BCUT2D eigenvalue weighted by atomic mass is 35.5. The molecule has 0 radical (unpaired) electrons. The van der Waals surface area contributed by atoms with E-state index in [1.807, 2.05) is 17.0 Å². The second kappa shape index (κ2) is 8.18. The van der Waals surface area contributed by atoms with Gasteiger partial charge in [-0.2, -0.15) is 0 Å². The molecule has 120 valence electrons. The largest absolute Gasteiger partial charge is 0.341 e. The van der Waals surface area contributed by atoms with E-state index in [9.17, 15) is 9.59 Å². The summed E-state index contributed by atoms with van der Waals surface area (Å²) in [7, 11) is 0. The van der Waals surface area contributed by atoms with E-state index >= 15 is 0 Å². The van der Waals surface area contributed by atoms with Crippen LogP contribution in [0.4, 0.5) is 0 Å². The monoisotopic (exact) mass is 322 g/mol. The Morgan fingerprint density at radius 2 is 1.77 bits per heavy atom. The molecular formula is C17H23ClN2O2. The van der Waals surface area contributed by atoms with Gasteiger partial charge in [0.05, 0.1) is 10.6 Å². The van der Waals surface area contributed by atoms with Gasteiger partial charge in [-0.25, -0.2) is 0 Å². The quantitative estimate of drug-likeness (QED) is 0.854. The maximum atomic E-state index is 12.6. The lowest BCUT2D eigenvalue weighted by Gasteiger charge is -2.22. The Hall–Kier alpha value is -1.55. The van der Waals surface area contributed by atoms with Crippen molar-refractivity contribution >= 4 is 23.4 Å². The highest BCUT2D eigenvalue weighted by Gasteiger charge is 2.23. The lowest BCUT2D eigenvalue weighted by atomic mass is 10.2. The molecule has 1 heterocycles. The van der Waals surface area contributed by atoms with Gasteiger partial charge < -0.3 is 9.80 Å². The molecule has 0 unspecified atom stereocenters. The Balaban J connectivity index is 1.97. The summed E-state index contributed by atoms with van der Waals surface area (Å²) in [6.45, 7) is 4.66. The number of rotatable bonds is 4. The van der Waals surface area contributed by atoms with Crippen LogP contribution in [0.5, 0.6) is 0 Å². The van der Waals surface area contributed by atoms with Gasteiger partial charge in [0, 0.05) is 32.6 Å². The van der Waals surface area contributed by atoms with Gasteiger partial charge in [-0.05, 0) is 25.0 Å². The third-order valence-corrected chi connectivity index (χ3v) is 4.31. The van der Waals surface area contributed by atoms with Crippen molar-refractivity contribution in [3.63, 3.8) is 0 Å². The summed E-state index contributed by atoms with van der Waals surface area (Å²) in [6.07, 6.45) is 3.37. The number of halogens is 1. The van der Waals surface area contributed by atoms with Crippen molar-refractivity contribution < 1.29 is 9.59 Å². The van der Waals surface area contributed by atoms with Gasteiger partial charge in [-0.1, -0.05) is 37.1 Å². The van der Waals surface area contributed by atoms with Crippen molar-refractivity contribution in [2.24, 2.45) is 0 Å². The number of carbonyl (C=O) groups excluding carboxylic acids is 2. The van der Waals surface area contributed by atoms with Crippen molar-refractivity contribution in [2.75, 3.05) is 26.2 Å². The van der Waals surface area contributed by atoms with Crippen LogP contribution in [0.2, 0.25) is 5.02 Å². The lowest BCUT2D eigenvalue weighted by Crippen LogP contribution is -2.37. The Morgan fingerprint density at radius 3 is 2.50 bits per heavy atom. The van der Waals surface area contributed by atoms with Crippen molar-refractivity contribution in [1.29, 1.82) is 0 Å². The molecule has 1 aliphatic heterocycles. The van der Waals surface area contributed by atoms with Crippen molar-refractivity contribution in [1.82, 2.24) is 9.80 Å². The topological polar surface area (TPSA) is 40.6 Å². The second-order valence-corrected chi connectivity index (χ2v) is 6.02. The summed E-state index contributed by atoms with van der Waals surface area (Å²) in [5, 5.41) is 0.479. The predicted octanol–water partition coefficient (Wildman–Crippen LogP) is 3.20. The van der Waals surface area contributed by atoms with Crippen LogP contribution in [0.1, 0.15) is 43.0 Å². The first-order valence-electron chi connectivity index (χ1n) is 7.95. The number of nitrogens with zero attached hydrogens (tertiary/aromatic N) is 2. The molecule has 1 aromatic rings. The number of amides is 2. The van der Waals surface area contributed by atoms with Gasteiger partial charge in [0.25, 0.3) is 5.91 Å². The number of carbonyl (C=O) groups is 2. The van der Waals surface area contributed by atoms with E-state index in [4.69, 9.17) is 11.6 Å². The van der Waals surface area contributed by atoms with E-state index in [-0.39, 0.29) is 11.8 Å². The van der Waals surface area contributed by atoms with Crippen molar-refractivity contribution in [3.8, 4) is 0 Å². The summed E-state index contributed by atoms with van der Waals surface area (Å²) in [6, 6.07) is 7.11. The van der Waals surface area contributed by atoms with E-state index in [1.165, 1.54) is 0 Å². The molecule has 1 aliphatic rings. The number of hydrogen-bond acceptors (Lipinski definition) is 2. The Labute approximate surface area is 137 Å². The molecule has 5 heteroatoms. The standard InChI is InChI=1S/C17H23ClN2O2/c1-2-3-9-16(21)19-10-6-11-20(13-12-19)17(22)14-7-4-5-8-15(14)18/h4-5,7-8H,2-3,6,9-13H2,1H3. The second-order valence-electron chi connectivity index (χ2n) is 5.61. The van der Waals surface area contributed by atoms with Gasteiger partial charge in [0.1, 0.15) is 0 Å². The van der Waals surface area contributed by atoms with Crippen LogP contribution >= 0.6 is 11.6 Å². The minimum Gasteiger partial charge on any atom is -0.341 e. The highest BCUT2D eigenvalue weighted by molar-refractivity contribution is 6.33. The summed E-state index contributed by atoms with van der Waals surface area (Å²) < 4.78 is 0. The molecule has 2 rings (SSSR count). The van der Waals surface area contributed by atoms with Crippen molar-refractivity contribution in [3.05, 3.63) is 34.9 Å². The minimum absolute atomic E-state index is 0.0477. The molecule has 0 aromatic heterocycles. The molecule has 0 bridgehead atoms. The summed E-state index contributed by atoms with van der Waals surface area (Å²) in [4.78, 5) is 28.4. The predicted molar refractivity (Wildman–Crippen MR) is 88.1 cm³/mol. The average Bonchev–Trinajstić information content (AvgIpc) is 2.78. The minimum atomic E-state index is -0.0477. The van der Waals surface area contributed by atoms with Crippen LogP contribution in [-0.2, 0) is 4.79 Å². The average molecular weight is 323 g/mol. The van der Waals surface area contributed by atoms with E-state index in [0.29, 0.717) is 36.6 Å². The maximum Gasteiger partial charge on any atom is 0.255 e. The van der Waals surface area contributed by atoms with Crippen LogP contribution in [0.25, 0.3) is 0 Å². The smallest absolute Gasteiger partial charge is 0.255 e. The molecule has 0 aliphatic carbocycles. The molecule has 1 aromatic carbocycles. The fourth-order valence-corrected chi connectivity index (χ4v) is 2.88. The number of benzene rings is 1. The molecule has 0 atom stereocenters. The zero-order chi connectivity index (χ0) is 15.9. The Bertz CT molecular complexity index is 533. The van der Waals surface area contributed by atoms with Gasteiger partial charge in [-0.3, -0.25) is 9.59 Å². The van der Waals surface area contributed by atoms with Crippen LogP contribution in [-0.4, -0.2) is 47.8 Å². The number of unbranched alkanes of at least 4 members (excludes halogenated alkanes) is 1. The third-order valence-electron chi connectivity index (χ3n) is 3.98. The van der Waals surface area contributed by atoms with Crippen molar-refractivity contribution in [2.45, 2.75) is 32.6 Å². The summed E-state index contributed by atoms with van der Waals surface area (Å²) >= 11 is 6.10. The van der Waals surface area contributed by atoms with Crippen LogP contribution in [0.15, 0.2) is 24.3 Å². The summed E-state index contributed by atoms with van der Waals surface area (Å²) in [5.74, 6) is 0.155. The van der Waals surface area contributed by atoms with E-state index in [2.05, 4.69) is 6.92 Å². The first-order chi connectivity index (χ1) is 10.6. The molecule has 0 N–H and O–H groups in total. The zero-order valence-electron chi connectivity index (χ0n) is 13.1. The molecule has 0 spiro atoms. The van der Waals surface area contributed by atoms with Crippen LogP contribution in [0, 0.1) is 0 Å². The zero-order valence-corrected chi connectivity index (χ0v) is 13.8. The van der Waals surface area contributed by atoms with Crippen LogP contribution < -0.4 is 0 Å². The van der Waals surface area contributed by atoms with Gasteiger partial charge in [0.2, 0.25) is 5.91 Å². The normalized spacial score (nSPS) is 15.5. The molecule has 1 fully saturated rings. The number of hydrogen-bond donors (Lipinski definition) is 0.